The largest absolute Gasteiger partial charge is 0.394 e. The van der Waals surface area contributed by atoms with Crippen molar-refractivity contribution < 1.29 is 14.6 Å². The zero-order valence-corrected chi connectivity index (χ0v) is 25.5. The maximum Gasteiger partial charge on any atom is 0.271 e. The predicted molar refractivity (Wildman–Crippen MR) is 166 cm³/mol. The maximum atomic E-state index is 14.5. The number of ether oxygens (including phenoxy) is 1. The van der Waals surface area contributed by atoms with E-state index in [9.17, 15) is 9.90 Å². The number of carbonyl (C=O) groups excluding carboxylic acids is 1. The van der Waals surface area contributed by atoms with E-state index in [4.69, 9.17) is 27.9 Å². The molecule has 41 heavy (non-hydrogen) atoms. The third-order valence-electron chi connectivity index (χ3n) is 8.15. The molecular formula is C33H37Cl2N3O3. The molecule has 0 bridgehead atoms. The molecule has 2 heterocycles. The molecule has 0 unspecified atom stereocenters. The molecule has 3 aromatic carbocycles. The summed E-state index contributed by atoms with van der Waals surface area (Å²) in [7, 11) is 4.00. The van der Waals surface area contributed by atoms with Crippen molar-refractivity contribution in [3.8, 4) is 11.1 Å². The number of fused-ring (bicyclic) bond motifs is 5. The van der Waals surface area contributed by atoms with E-state index in [-0.39, 0.29) is 30.6 Å². The monoisotopic (exact) mass is 593 g/mol. The molecule has 0 radical (unpaired) electrons. The smallest absolute Gasteiger partial charge is 0.271 e. The molecule has 0 spiro atoms. The fourth-order valence-corrected chi connectivity index (χ4v) is 6.17. The molecule has 1 amide bonds. The van der Waals surface area contributed by atoms with Gasteiger partial charge in [-0.1, -0.05) is 78.7 Å². The van der Waals surface area contributed by atoms with Crippen molar-refractivity contribution in [3.63, 3.8) is 0 Å². The summed E-state index contributed by atoms with van der Waals surface area (Å²) in [6, 6.07) is 21.6. The van der Waals surface area contributed by atoms with Crippen molar-refractivity contribution in [1.82, 2.24) is 14.4 Å². The van der Waals surface area contributed by atoms with Gasteiger partial charge in [0.25, 0.3) is 5.91 Å². The number of aryl methyl sites for hydroxylation is 1. The first-order chi connectivity index (χ1) is 19.7. The number of hydrogen-bond acceptors (Lipinski definition) is 4. The summed E-state index contributed by atoms with van der Waals surface area (Å²) >= 11 is 12.4. The van der Waals surface area contributed by atoms with Crippen LogP contribution in [0.5, 0.6) is 0 Å². The average molecular weight is 595 g/mol. The van der Waals surface area contributed by atoms with Crippen molar-refractivity contribution >= 4 is 40.0 Å². The zero-order chi connectivity index (χ0) is 29.3. The summed E-state index contributed by atoms with van der Waals surface area (Å²) in [6.07, 6.45) is -0.171. The Hall–Kier alpha value is -2.87. The molecule has 8 heteroatoms. The van der Waals surface area contributed by atoms with Crippen LogP contribution in [0.25, 0.3) is 22.0 Å². The van der Waals surface area contributed by atoms with Gasteiger partial charge < -0.3 is 19.3 Å². The van der Waals surface area contributed by atoms with E-state index < -0.39 is 0 Å². The summed E-state index contributed by atoms with van der Waals surface area (Å²) in [5.74, 6) is -0.0979. The first kappa shape index (κ1) is 29.6. The number of aliphatic hydroxyl groups is 1. The SMILES string of the molecule is C[C@H]1CN([C@@H](C)CO)C(=O)c2c(c3ccccc3n2C)-c2ccccc2CO[C@@H]1CN(C)Cc1ccc(Cl)c(Cl)c1. The Morgan fingerprint density at radius 1 is 1.07 bits per heavy atom. The number of likely N-dealkylation sites (N-methyl/N-ethyl adjacent to an activating group) is 1. The van der Waals surface area contributed by atoms with Crippen molar-refractivity contribution in [3.05, 3.63) is 93.6 Å². The van der Waals surface area contributed by atoms with Crippen LogP contribution in [0.3, 0.4) is 0 Å². The molecule has 0 fully saturated rings. The lowest BCUT2D eigenvalue weighted by atomic mass is 9.96. The molecule has 1 N–H and O–H groups in total. The van der Waals surface area contributed by atoms with E-state index in [1.165, 1.54) is 0 Å². The lowest BCUT2D eigenvalue weighted by Gasteiger charge is -2.35. The quantitative estimate of drug-likeness (QED) is 0.272. The van der Waals surface area contributed by atoms with Gasteiger partial charge in [0, 0.05) is 49.1 Å². The van der Waals surface area contributed by atoms with Gasteiger partial charge in [0.15, 0.2) is 0 Å². The molecule has 0 saturated heterocycles. The van der Waals surface area contributed by atoms with E-state index in [1.807, 2.05) is 72.0 Å². The van der Waals surface area contributed by atoms with Gasteiger partial charge in [-0.3, -0.25) is 9.69 Å². The molecule has 0 aliphatic carbocycles. The Kier molecular flexibility index (Phi) is 9.07. The molecule has 6 nitrogen and oxygen atoms in total. The van der Waals surface area contributed by atoms with Crippen LogP contribution >= 0.6 is 23.2 Å². The van der Waals surface area contributed by atoms with Gasteiger partial charge in [-0.05, 0) is 48.9 Å². The fraction of sp³-hybridized carbons (Fsp3) is 0.364. The lowest BCUT2D eigenvalue weighted by Crippen LogP contribution is -2.47. The highest BCUT2D eigenvalue weighted by Crippen LogP contribution is 2.38. The number of hydrogen-bond donors (Lipinski definition) is 1. The normalized spacial score (nSPS) is 18.7. The highest BCUT2D eigenvalue weighted by atomic mass is 35.5. The molecule has 1 aromatic heterocycles. The highest BCUT2D eigenvalue weighted by molar-refractivity contribution is 6.42. The van der Waals surface area contributed by atoms with Crippen LogP contribution in [0.1, 0.15) is 35.5 Å². The maximum absolute atomic E-state index is 14.5. The van der Waals surface area contributed by atoms with Crippen molar-refractivity contribution in [2.45, 2.75) is 39.1 Å². The van der Waals surface area contributed by atoms with Crippen LogP contribution in [0.4, 0.5) is 0 Å². The molecule has 1 aliphatic rings. The molecule has 216 valence electrons. The summed E-state index contributed by atoms with van der Waals surface area (Å²) in [6.45, 7) is 6.07. The highest BCUT2D eigenvalue weighted by Gasteiger charge is 2.33. The van der Waals surface area contributed by atoms with Gasteiger partial charge in [-0.25, -0.2) is 0 Å². The van der Waals surface area contributed by atoms with Crippen molar-refractivity contribution in [2.24, 2.45) is 13.0 Å². The van der Waals surface area contributed by atoms with Crippen LogP contribution < -0.4 is 0 Å². The number of para-hydroxylation sites is 1. The number of amides is 1. The number of halogens is 2. The number of rotatable bonds is 6. The Morgan fingerprint density at radius 3 is 2.56 bits per heavy atom. The Bertz CT molecular complexity index is 1550. The summed E-state index contributed by atoms with van der Waals surface area (Å²) < 4.78 is 8.69. The molecule has 4 aromatic rings. The van der Waals surface area contributed by atoms with Gasteiger partial charge in [0.1, 0.15) is 5.69 Å². The summed E-state index contributed by atoms with van der Waals surface area (Å²) in [5, 5.41) is 12.3. The minimum Gasteiger partial charge on any atom is -0.394 e. The second-order valence-corrected chi connectivity index (χ2v) is 12.0. The van der Waals surface area contributed by atoms with Gasteiger partial charge in [0.2, 0.25) is 0 Å². The standard InChI is InChI=1S/C33H37Cl2N3O3/c1-21-16-38(22(2)19-39)33(40)32-31(26-11-7-8-12-29(26)37(32)4)25-10-6-5-9-24(25)20-41-30(21)18-36(3)17-23-13-14-27(34)28(35)15-23/h5-15,21-22,30,39H,16-20H2,1-4H3/t21-,22-,30+/m0/s1. The van der Waals surface area contributed by atoms with E-state index in [1.54, 1.807) is 0 Å². The van der Waals surface area contributed by atoms with Crippen LogP contribution in [0, 0.1) is 5.92 Å². The van der Waals surface area contributed by atoms with Gasteiger partial charge >= 0.3 is 0 Å². The number of aliphatic hydroxyl groups excluding tert-OH is 1. The van der Waals surface area contributed by atoms with Gasteiger partial charge in [-0.15, -0.1) is 0 Å². The molecular weight excluding hydrogens is 557 g/mol. The van der Waals surface area contributed by atoms with Crippen molar-refractivity contribution in [2.75, 3.05) is 26.7 Å². The van der Waals surface area contributed by atoms with Crippen LogP contribution in [-0.4, -0.2) is 64.3 Å². The third kappa shape index (κ3) is 6.04. The summed E-state index contributed by atoms with van der Waals surface area (Å²) in [5.41, 5.74) is 5.61. The van der Waals surface area contributed by atoms with Crippen LogP contribution in [0.15, 0.2) is 66.7 Å². The van der Waals surface area contributed by atoms with Gasteiger partial charge in [0.05, 0.1) is 35.4 Å². The number of nitrogens with zero attached hydrogens (tertiary/aromatic N) is 3. The van der Waals surface area contributed by atoms with E-state index in [0.29, 0.717) is 42.0 Å². The number of benzene rings is 3. The van der Waals surface area contributed by atoms with Crippen LogP contribution in [0.2, 0.25) is 10.0 Å². The number of aromatic nitrogens is 1. The first-order valence-electron chi connectivity index (χ1n) is 14.0. The van der Waals surface area contributed by atoms with Crippen LogP contribution in [-0.2, 0) is 24.9 Å². The minimum absolute atomic E-state index is 0.00685. The Labute approximate surface area is 252 Å². The molecule has 1 aliphatic heterocycles. The average Bonchev–Trinajstić information content (AvgIpc) is 3.26. The fourth-order valence-electron chi connectivity index (χ4n) is 5.85. The third-order valence-corrected chi connectivity index (χ3v) is 8.89. The Balaban J connectivity index is 1.55. The molecule has 3 atom stereocenters. The van der Waals surface area contributed by atoms with E-state index >= 15 is 0 Å². The topological polar surface area (TPSA) is 57.9 Å². The second-order valence-electron chi connectivity index (χ2n) is 11.2. The van der Waals surface area contributed by atoms with E-state index in [0.717, 1.165) is 33.2 Å². The predicted octanol–water partition coefficient (Wildman–Crippen LogP) is 6.64. The first-order valence-corrected chi connectivity index (χ1v) is 14.8. The van der Waals surface area contributed by atoms with E-state index in [2.05, 4.69) is 37.1 Å². The number of carbonyl (C=O) groups is 1. The second kappa shape index (κ2) is 12.6. The molecule has 0 saturated carbocycles. The zero-order valence-electron chi connectivity index (χ0n) is 24.0. The molecule has 5 rings (SSSR count). The van der Waals surface area contributed by atoms with Crippen molar-refractivity contribution in [1.29, 1.82) is 0 Å². The summed E-state index contributed by atoms with van der Waals surface area (Å²) in [4.78, 5) is 18.5. The van der Waals surface area contributed by atoms with Gasteiger partial charge in [-0.2, -0.15) is 0 Å². The Morgan fingerprint density at radius 2 is 1.80 bits per heavy atom. The minimum atomic E-state index is -0.360. The lowest BCUT2D eigenvalue weighted by molar-refractivity contribution is -0.0242.